The van der Waals surface area contributed by atoms with E-state index in [-0.39, 0.29) is 0 Å². The summed E-state index contributed by atoms with van der Waals surface area (Å²) in [5, 5.41) is 6.96. The number of anilines is 1. The first-order valence-corrected chi connectivity index (χ1v) is 4.98. The van der Waals surface area contributed by atoms with Crippen molar-refractivity contribution in [3.8, 4) is 0 Å². The van der Waals surface area contributed by atoms with Crippen LogP contribution < -0.4 is 10.6 Å². The molecule has 2 atom stereocenters. The summed E-state index contributed by atoms with van der Waals surface area (Å²) in [4.78, 5) is 0. The summed E-state index contributed by atoms with van der Waals surface area (Å²) in [6.07, 6.45) is 0. The van der Waals surface area contributed by atoms with Crippen LogP contribution in [-0.4, -0.2) is 19.6 Å². The maximum atomic E-state index is 3.49. The summed E-state index contributed by atoms with van der Waals surface area (Å²) in [5.41, 5.74) is 2.84. The molecule has 0 radical (unpaired) electrons. The Bertz CT molecular complexity index is 322. The number of benzene rings is 1. The fourth-order valence-corrected chi connectivity index (χ4v) is 2.53. The normalized spacial score (nSPS) is 30.5. The topological polar surface area (TPSA) is 24.1 Å². The van der Waals surface area contributed by atoms with Crippen molar-refractivity contribution in [1.82, 2.24) is 5.32 Å². The first-order valence-electron chi connectivity index (χ1n) is 4.98. The van der Waals surface area contributed by atoms with Gasteiger partial charge in [-0.25, -0.2) is 0 Å². The van der Waals surface area contributed by atoms with Crippen LogP contribution >= 0.6 is 0 Å². The highest BCUT2D eigenvalue weighted by atomic mass is 15.0. The third-order valence-electron chi connectivity index (χ3n) is 3.25. The van der Waals surface area contributed by atoms with Crippen molar-refractivity contribution in [2.45, 2.75) is 5.92 Å². The van der Waals surface area contributed by atoms with Gasteiger partial charge in [-0.1, -0.05) is 18.2 Å². The Labute approximate surface area is 78.3 Å². The Morgan fingerprint density at radius 2 is 2.00 bits per heavy atom. The van der Waals surface area contributed by atoms with E-state index >= 15 is 0 Å². The molecule has 2 nitrogen and oxygen atoms in total. The van der Waals surface area contributed by atoms with Crippen LogP contribution in [0.1, 0.15) is 11.5 Å². The van der Waals surface area contributed by atoms with Crippen LogP contribution in [0.3, 0.4) is 0 Å². The Morgan fingerprint density at radius 3 is 3.00 bits per heavy atom. The van der Waals surface area contributed by atoms with Crippen molar-refractivity contribution in [3.05, 3.63) is 29.8 Å². The van der Waals surface area contributed by atoms with E-state index in [0.29, 0.717) is 0 Å². The van der Waals surface area contributed by atoms with Crippen LogP contribution in [0.25, 0.3) is 0 Å². The monoisotopic (exact) mass is 174 g/mol. The van der Waals surface area contributed by atoms with Gasteiger partial charge in [0.05, 0.1) is 0 Å². The average molecular weight is 174 g/mol. The summed E-state index contributed by atoms with van der Waals surface area (Å²) in [6, 6.07) is 8.69. The van der Waals surface area contributed by atoms with E-state index in [1.807, 2.05) is 0 Å². The maximum absolute atomic E-state index is 3.49. The minimum absolute atomic E-state index is 0.748. The highest BCUT2D eigenvalue weighted by Crippen LogP contribution is 2.36. The third-order valence-corrected chi connectivity index (χ3v) is 3.25. The van der Waals surface area contributed by atoms with Gasteiger partial charge in [0, 0.05) is 31.2 Å². The Morgan fingerprint density at radius 1 is 1.08 bits per heavy atom. The van der Waals surface area contributed by atoms with E-state index in [1.54, 1.807) is 0 Å². The van der Waals surface area contributed by atoms with Crippen molar-refractivity contribution in [2.75, 3.05) is 25.0 Å². The van der Waals surface area contributed by atoms with Crippen LogP contribution in [0.5, 0.6) is 0 Å². The molecule has 0 aliphatic carbocycles. The van der Waals surface area contributed by atoms with Crippen LogP contribution in [-0.2, 0) is 0 Å². The van der Waals surface area contributed by atoms with Gasteiger partial charge in [0.2, 0.25) is 0 Å². The zero-order valence-electron chi connectivity index (χ0n) is 7.59. The molecule has 0 bridgehead atoms. The molecule has 68 valence electrons. The van der Waals surface area contributed by atoms with Gasteiger partial charge in [-0.15, -0.1) is 0 Å². The fraction of sp³-hybridized carbons (Fsp3) is 0.455. The molecular weight excluding hydrogens is 160 g/mol. The van der Waals surface area contributed by atoms with Crippen LogP contribution in [0.2, 0.25) is 0 Å². The third kappa shape index (κ3) is 1.05. The zero-order chi connectivity index (χ0) is 8.67. The SMILES string of the molecule is c1ccc2c(c1)NCC1CNCC21. The molecular formula is C11H14N2. The highest BCUT2D eigenvalue weighted by Gasteiger charge is 2.32. The van der Waals surface area contributed by atoms with Gasteiger partial charge in [0.25, 0.3) is 0 Å². The molecule has 1 aromatic carbocycles. The second-order valence-electron chi connectivity index (χ2n) is 3.99. The predicted octanol–water partition coefficient (Wildman–Crippen LogP) is 1.42. The van der Waals surface area contributed by atoms with Gasteiger partial charge in [0.15, 0.2) is 0 Å². The maximum Gasteiger partial charge on any atom is 0.0376 e. The van der Waals surface area contributed by atoms with Crippen molar-refractivity contribution in [3.63, 3.8) is 0 Å². The number of nitrogens with one attached hydrogen (secondary N) is 2. The van der Waals surface area contributed by atoms with Gasteiger partial charge >= 0.3 is 0 Å². The number of hydrogen-bond donors (Lipinski definition) is 2. The Balaban J connectivity index is 2.06. The van der Waals surface area contributed by atoms with E-state index in [9.17, 15) is 0 Å². The Kier molecular flexibility index (Phi) is 1.56. The predicted molar refractivity (Wildman–Crippen MR) is 54.0 cm³/mol. The zero-order valence-corrected chi connectivity index (χ0v) is 7.59. The summed E-state index contributed by atoms with van der Waals surface area (Å²) >= 11 is 0. The van der Waals surface area contributed by atoms with Crippen LogP contribution in [0, 0.1) is 5.92 Å². The fourth-order valence-electron chi connectivity index (χ4n) is 2.53. The van der Waals surface area contributed by atoms with Gasteiger partial charge in [-0.3, -0.25) is 0 Å². The van der Waals surface area contributed by atoms with Crippen molar-refractivity contribution >= 4 is 5.69 Å². The van der Waals surface area contributed by atoms with Crippen LogP contribution in [0.4, 0.5) is 5.69 Å². The molecule has 2 heteroatoms. The van der Waals surface area contributed by atoms with E-state index in [1.165, 1.54) is 17.8 Å². The summed E-state index contributed by atoms with van der Waals surface area (Å²) in [5.74, 6) is 1.55. The summed E-state index contributed by atoms with van der Waals surface area (Å²) < 4.78 is 0. The number of fused-ring (bicyclic) bond motifs is 3. The first kappa shape index (κ1) is 7.39. The van der Waals surface area contributed by atoms with Gasteiger partial charge in [0.1, 0.15) is 0 Å². The van der Waals surface area contributed by atoms with Gasteiger partial charge in [-0.2, -0.15) is 0 Å². The molecule has 0 aromatic heterocycles. The van der Waals surface area contributed by atoms with Gasteiger partial charge < -0.3 is 10.6 Å². The molecule has 2 unspecified atom stereocenters. The molecule has 1 fully saturated rings. The largest absolute Gasteiger partial charge is 0.384 e. The molecule has 0 saturated carbocycles. The minimum Gasteiger partial charge on any atom is -0.384 e. The van der Waals surface area contributed by atoms with E-state index in [0.717, 1.165) is 24.9 Å². The molecule has 3 rings (SSSR count). The minimum atomic E-state index is 0.748. The number of para-hydroxylation sites is 1. The van der Waals surface area contributed by atoms with E-state index in [2.05, 4.69) is 34.9 Å². The molecule has 1 saturated heterocycles. The standard InChI is InChI=1S/C11H14N2/c1-2-4-11-9(3-1)10-7-12-5-8(10)6-13-11/h1-4,8,10,12-13H,5-7H2. The lowest BCUT2D eigenvalue weighted by Gasteiger charge is -2.28. The number of rotatable bonds is 0. The Hall–Kier alpha value is -1.02. The molecule has 2 heterocycles. The summed E-state index contributed by atoms with van der Waals surface area (Å²) in [7, 11) is 0. The molecule has 2 N–H and O–H groups in total. The second kappa shape index (κ2) is 2.74. The lowest BCUT2D eigenvalue weighted by Crippen LogP contribution is -2.26. The summed E-state index contributed by atoms with van der Waals surface area (Å²) in [6.45, 7) is 3.46. The number of hydrogen-bond acceptors (Lipinski definition) is 2. The van der Waals surface area contributed by atoms with Gasteiger partial charge in [-0.05, 0) is 17.5 Å². The van der Waals surface area contributed by atoms with E-state index < -0.39 is 0 Å². The molecule has 1 aromatic rings. The molecule has 0 amide bonds. The molecule has 0 spiro atoms. The quantitative estimate of drug-likeness (QED) is 0.621. The highest BCUT2D eigenvalue weighted by molar-refractivity contribution is 5.55. The second-order valence-corrected chi connectivity index (χ2v) is 3.99. The van der Waals surface area contributed by atoms with Crippen molar-refractivity contribution < 1.29 is 0 Å². The van der Waals surface area contributed by atoms with Crippen molar-refractivity contribution in [2.24, 2.45) is 5.92 Å². The van der Waals surface area contributed by atoms with E-state index in [4.69, 9.17) is 0 Å². The smallest absolute Gasteiger partial charge is 0.0376 e. The lowest BCUT2D eigenvalue weighted by atomic mass is 9.85. The lowest BCUT2D eigenvalue weighted by molar-refractivity contribution is 0.530. The molecule has 2 aliphatic heterocycles. The molecule has 2 aliphatic rings. The molecule has 13 heavy (non-hydrogen) atoms. The average Bonchev–Trinajstić information content (AvgIpc) is 2.65. The van der Waals surface area contributed by atoms with Crippen molar-refractivity contribution in [1.29, 1.82) is 0 Å². The first-order chi connectivity index (χ1) is 6.45. The van der Waals surface area contributed by atoms with Crippen LogP contribution in [0.15, 0.2) is 24.3 Å².